The molecule has 0 saturated heterocycles. The number of amides is 1. The van der Waals surface area contributed by atoms with E-state index >= 15 is 0 Å². The van der Waals surface area contributed by atoms with E-state index in [0.29, 0.717) is 5.71 Å². The van der Waals surface area contributed by atoms with Gasteiger partial charge in [0.2, 0.25) is 5.84 Å². The van der Waals surface area contributed by atoms with Crippen LogP contribution in [0.25, 0.3) is 0 Å². The van der Waals surface area contributed by atoms with Crippen LogP contribution < -0.4 is 11.5 Å². The van der Waals surface area contributed by atoms with Gasteiger partial charge in [0.1, 0.15) is 12.1 Å². The van der Waals surface area contributed by atoms with Crippen LogP contribution in [0.4, 0.5) is 0 Å². The zero-order chi connectivity index (χ0) is 9.42. The Labute approximate surface area is 73.0 Å². The highest BCUT2D eigenvalue weighted by molar-refractivity contribution is 6.52. The minimum absolute atomic E-state index is 0.111. The molecule has 0 fully saturated rings. The number of hydrogen-bond acceptors (Lipinski definition) is 6. The van der Waals surface area contributed by atoms with E-state index in [1.54, 1.807) is 0 Å². The summed E-state index contributed by atoms with van der Waals surface area (Å²) in [5, 5.41) is 0. The van der Waals surface area contributed by atoms with Gasteiger partial charge in [0.25, 0.3) is 5.91 Å². The fraction of sp³-hybridized carbons (Fsp3) is 0.167. The second kappa shape index (κ2) is 2.47. The Morgan fingerprint density at radius 1 is 1.54 bits per heavy atom. The zero-order valence-corrected chi connectivity index (χ0v) is 6.51. The Bertz CT molecular complexity index is 390. The van der Waals surface area contributed by atoms with Gasteiger partial charge in [0.05, 0.1) is 0 Å². The SMILES string of the molecule is NC(=O)C1=NC2N=CN=C2C(N)=N1. The largest absolute Gasteiger partial charge is 0.382 e. The first-order valence-corrected chi connectivity index (χ1v) is 3.50. The number of nitrogens with zero attached hydrogens (tertiary/aromatic N) is 4. The number of nitrogens with two attached hydrogens (primary N) is 2. The lowest BCUT2D eigenvalue weighted by Gasteiger charge is -2.11. The van der Waals surface area contributed by atoms with Gasteiger partial charge in [-0.2, -0.15) is 0 Å². The maximum Gasteiger partial charge on any atom is 0.286 e. The maximum absolute atomic E-state index is 10.7. The van der Waals surface area contributed by atoms with Crippen LogP contribution in [-0.4, -0.2) is 35.8 Å². The van der Waals surface area contributed by atoms with E-state index in [0.717, 1.165) is 0 Å². The van der Waals surface area contributed by atoms with Gasteiger partial charge >= 0.3 is 0 Å². The summed E-state index contributed by atoms with van der Waals surface area (Å²) in [4.78, 5) is 25.9. The number of aliphatic imine (C=N–C) groups is 4. The van der Waals surface area contributed by atoms with Crippen molar-refractivity contribution in [1.29, 1.82) is 0 Å². The molecule has 4 N–H and O–H groups in total. The Kier molecular flexibility index (Phi) is 1.44. The lowest BCUT2D eigenvalue weighted by molar-refractivity contribution is -0.112. The molecular weight excluding hydrogens is 172 g/mol. The summed E-state index contributed by atoms with van der Waals surface area (Å²) in [5.41, 5.74) is 10.9. The molecule has 2 aliphatic rings. The molecule has 1 unspecified atom stereocenters. The molecule has 7 heteroatoms. The number of fused-ring (bicyclic) bond motifs is 1. The van der Waals surface area contributed by atoms with Crippen molar-refractivity contribution in [3.8, 4) is 0 Å². The highest BCUT2D eigenvalue weighted by Gasteiger charge is 2.27. The van der Waals surface area contributed by atoms with E-state index in [9.17, 15) is 4.79 Å². The van der Waals surface area contributed by atoms with Crippen molar-refractivity contribution in [2.75, 3.05) is 0 Å². The molecule has 0 aromatic heterocycles. The van der Waals surface area contributed by atoms with Crippen LogP contribution in [0.5, 0.6) is 0 Å². The fourth-order valence-corrected chi connectivity index (χ4v) is 1.02. The molecule has 0 aliphatic carbocycles. The summed E-state index contributed by atoms with van der Waals surface area (Å²) in [6.45, 7) is 0. The van der Waals surface area contributed by atoms with Gasteiger partial charge in [-0.05, 0) is 0 Å². The maximum atomic E-state index is 10.7. The summed E-state index contributed by atoms with van der Waals surface area (Å²) < 4.78 is 0. The van der Waals surface area contributed by atoms with Gasteiger partial charge in [-0.1, -0.05) is 0 Å². The second-order valence-electron chi connectivity index (χ2n) is 2.47. The number of primary amides is 1. The molecule has 0 aromatic rings. The predicted octanol–water partition coefficient (Wildman–Crippen LogP) is -1.95. The Balaban J connectivity index is 2.42. The summed E-state index contributed by atoms with van der Waals surface area (Å²) >= 11 is 0. The van der Waals surface area contributed by atoms with Crippen molar-refractivity contribution < 1.29 is 4.79 Å². The molecular formula is C6H6N6O. The van der Waals surface area contributed by atoms with Gasteiger partial charge in [0.15, 0.2) is 12.0 Å². The molecule has 1 atom stereocenters. The Morgan fingerprint density at radius 2 is 2.31 bits per heavy atom. The number of rotatable bonds is 1. The minimum atomic E-state index is -0.718. The average Bonchev–Trinajstić information content (AvgIpc) is 2.51. The van der Waals surface area contributed by atoms with Crippen molar-refractivity contribution >= 4 is 29.6 Å². The van der Waals surface area contributed by atoms with Gasteiger partial charge in [-0.15, -0.1) is 0 Å². The van der Waals surface area contributed by atoms with Crippen LogP contribution in [-0.2, 0) is 4.79 Å². The molecule has 13 heavy (non-hydrogen) atoms. The monoisotopic (exact) mass is 178 g/mol. The van der Waals surface area contributed by atoms with Gasteiger partial charge in [0, 0.05) is 0 Å². The normalized spacial score (nSPS) is 24.6. The van der Waals surface area contributed by atoms with Gasteiger partial charge < -0.3 is 11.5 Å². The molecule has 0 radical (unpaired) electrons. The van der Waals surface area contributed by atoms with E-state index in [1.807, 2.05) is 0 Å². The van der Waals surface area contributed by atoms with E-state index in [2.05, 4.69) is 20.0 Å². The molecule has 0 bridgehead atoms. The molecule has 0 spiro atoms. The smallest absolute Gasteiger partial charge is 0.286 e. The van der Waals surface area contributed by atoms with Crippen LogP contribution >= 0.6 is 0 Å². The number of hydrogen-bond donors (Lipinski definition) is 2. The highest BCUT2D eigenvalue weighted by Crippen LogP contribution is 2.09. The molecule has 7 nitrogen and oxygen atoms in total. The Hall–Kier alpha value is -2.05. The zero-order valence-electron chi connectivity index (χ0n) is 6.51. The summed E-state index contributed by atoms with van der Waals surface area (Å²) in [6.07, 6.45) is 0.788. The topological polar surface area (TPSA) is 119 Å². The number of carbonyl (C=O) groups excluding carboxylic acids is 1. The van der Waals surface area contributed by atoms with E-state index < -0.39 is 12.1 Å². The summed E-state index contributed by atoms with van der Waals surface area (Å²) in [5.74, 6) is -0.684. The third kappa shape index (κ3) is 1.10. The molecule has 2 aliphatic heterocycles. The molecule has 0 saturated carbocycles. The second-order valence-corrected chi connectivity index (χ2v) is 2.47. The van der Waals surface area contributed by atoms with Crippen LogP contribution in [0.15, 0.2) is 20.0 Å². The van der Waals surface area contributed by atoms with Crippen molar-refractivity contribution in [3.05, 3.63) is 0 Å². The van der Waals surface area contributed by atoms with E-state index in [-0.39, 0.29) is 11.7 Å². The average molecular weight is 178 g/mol. The van der Waals surface area contributed by atoms with E-state index in [4.69, 9.17) is 11.5 Å². The highest BCUT2D eigenvalue weighted by atomic mass is 16.1. The quantitative estimate of drug-likeness (QED) is 0.485. The molecule has 2 heterocycles. The number of carbonyl (C=O) groups is 1. The van der Waals surface area contributed by atoms with E-state index in [1.165, 1.54) is 6.34 Å². The van der Waals surface area contributed by atoms with Gasteiger partial charge in [-0.25, -0.2) is 20.0 Å². The lowest BCUT2D eigenvalue weighted by Crippen LogP contribution is -2.38. The fourth-order valence-electron chi connectivity index (χ4n) is 1.02. The van der Waals surface area contributed by atoms with Crippen molar-refractivity contribution in [3.63, 3.8) is 0 Å². The first kappa shape index (κ1) is 7.59. The standard InChI is InChI=1S/C6H6N6O/c7-3-2-5(10-1-9-2)12-6(11-3)4(8)13/h1,5H,(H2,8,13)(H2,7,11,12). The summed E-state index contributed by atoms with van der Waals surface area (Å²) in [7, 11) is 0. The van der Waals surface area contributed by atoms with Crippen LogP contribution in [0, 0.1) is 0 Å². The molecule has 66 valence electrons. The van der Waals surface area contributed by atoms with Crippen molar-refractivity contribution in [1.82, 2.24) is 0 Å². The third-order valence-electron chi connectivity index (χ3n) is 1.60. The Morgan fingerprint density at radius 3 is 3.00 bits per heavy atom. The third-order valence-corrected chi connectivity index (χ3v) is 1.60. The minimum Gasteiger partial charge on any atom is -0.382 e. The first-order valence-electron chi connectivity index (χ1n) is 3.50. The van der Waals surface area contributed by atoms with Crippen molar-refractivity contribution in [2.45, 2.75) is 6.17 Å². The van der Waals surface area contributed by atoms with Crippen LogP contribution in [0.2, 0.25) is 0 Å². The predicted molar refractivity (Wildman–Crippen MR) is 48.0 cm³/mol. The van der Waals surface area contributed by atoms with Crippen molar-refractivity contribution in [2.24, 2.45) is 31.4 Å². The number of amidine groups is 2. The molecule has 2 rings (SSSR count). The van der Waals surface area contributed by atoms with Crippen LogP contribution in [0.1, 0.15) is 0 Å². The first-order chi connectivity index (χ1) is 6.18. The summed E-state index contributed by atoms with van der Waals surface area (Å²) in [6, 6.07) is 0. The lowest BCUT2D eigenvalue weighted by atomic mass is 10.2. The molecule has 1 amide bonds. The van der Waals surface area contributed by atoms with Crippen LogP contribution in [0.3, 0.4) is 0 Å². The van der Waals surface area contributed by atoms with Gasteiger partial charge in [-0.3, -0.25) is 4.79 Å². The molecule has 0 aromatic carbocycles.